The highest BCUT2D eigenvalue weighted by Gasteiger charge is 2.16. The summed E-state index contributed by atoms with van der Waals surface area (Å²) in [6, 6.07) is 0.557. The third-order valence-electron chi connectivity index (χ3n) is 3.25. The molecule has 1 aromatic heterocycles. The summed E-state index contributed by atoms with van der Waals surface area (Å²) < 4.78 is 0. The number of hydrogen-bond donors (Lipinski definition) is 1. The SMILES string of the molecule is CCCNC(CC(C)CC)c1cscc1C. The van der Waals surface area contributed by atoms with Gasteiger partial charge in [0.25, 0.3) is 0 Å². The average Bonchev–Trinajstić information content (AvgIpc) is 2.70. The maximum Gasteiger partial charge on any atom is 0.0333 e. The lowest BCUT2D eigenvalue weighted by molar-refractivity contribution is 0.402. The van der Waals surface area contributed by atoms with Crippen molar-refractivity contribution in [3.05, 3.63) is 21.9 Å². The highest BCUT2D eigenvalue weighted by Crippen LogP contribution is 2.27. The fraction of sp³-hybridized carbons (Fsp3) is 0.714. The standard InChI is InChI=1S/C14H25NS/c1-5-7-15-14(8-11(3)6-2)13-10-16-9-12(13)4/h9-11,14-15H,5-8H2,1-4H3. The second kappa shape index (κ2) is 7.08. The average molecular weight is 239 g/mol. The van der Waals surface area contributed by atoms with Crippen LogP contribution in [0.1, 0.15) is 57.2 Å². The van der Waals surface area contributed by atoms with Gasteiger partial charge in [0.15, 0.2) is 0 Å². The Kier molecular flexibility index (Phi) is 6.07. The molecule has 2 atom stereocenters. The van der Waals surface area contributed by atoms with Crippen molar-refractivity contribution in [2.45, 2.75) is 53.0 Å². The molecule has 0 fully saturated rings. The van der Waals surface area contributed by atoms with Gasteiger partial charge in [-0.3, -0.25) is 0 Å². The molecule has 1 N–H and O–H groups in total. The fourth-order valence-electron chi connectivity index (χ4n) is 1.94. The van der Waals surface area contributed by atoms with Crippen LogP contribution in [0.15, 0.2) is 10.8 Å². The molecule has 0 bridgehead atoms. The fourth-order valence-corrected chi connectivity index (χ4v) is 2.84. The van der Waals surface area contributed by atoms with E-state index in [1.807, 2.05) is 11.3 Å². The molecule has 0 aliphatic heterocycles. The van der Waals surface area contributed by atoms with E-state index in [1.54, 1.807) is 0 Å². The lowest BCUT2D eigenvalue weighted by Crippen LogP contribution is -2.24. The van der Waals surface area contributed by atoms with Crippen LogP contribution in [-0.2, 0) is 0 Å². The Hall–Kier alpha value is -0.340. The lowest BCUT2D eigenvalue weighted by Gasteiger charge is -2.22. The third-order valence-corrected chi connectivity index (χ3v) is 4.13. The summed E-state index contributed by atoms with van der Waals surface area (Å²) >= 11 is 1.82. The minimum atomic E-state index is 0.557. The maximum atomic E-state index is 3.68. The Bertz CT molecular complexity index is 293. The Morgan fingerprint density at radius 1 is 1.31 bits per heavy atom. The Labute approximate surface area is 104 Å². The summed E-state index contributed by atoms with van der Waals surface area (Å²) in [5, 5.41) is 8.25. The molecule has 1 heterocycles. The van der Waals surface area contributed by atoms with Crippen molar-refractivity contribution in [3.63, 3.8) is 0 Å². The van der Waals surface area contributed by atoms with Crippen LogP contribution >= 0.6 is 11.3 Å². The van der Waals surface area contributed by atoms with E-state index in [0.717, 1.165) is 12.5 Å². The smallest absolute Gasteiger partial charge is 0.0333 e. The van der Waals surface area contributed by atoms with Crippen LogP contribution in [-0.4, -0.2) is 6.54 Å². The van der Waals surface area contributed by atoms with Crippen molar-refractivity contribution in [1.29, 1.82) is 0 Å². The Morgan fingerprint density at radius 2 is 2.06 bits per heavy atom. The summed E-state index contributed by atoms with van der Waals surface area (Å²) in [7, 11) is 0. The molecule has 0 aliphatic carbocycles. The Morgan fingerprint density at radius 3 is 2.56 bits per heavy atom. The van der Waals surface area contributed by atoms with Gasteiger partial charge in [0.2, 0.25) is 0 Å². The van der Waals surface area contributed by atoms with Gasteiger partial charge in [-0.25, -0.2) is 0 Å². The second-order valence-electron chi connectivity index (χ2n) is 4.77. The van der Waals surface area contributed by atoms with Crippen molar-refractivity contribution in [1.82, 2.24) is 5.32 Å². The normalized spacial score (nSPS) is 15.0. The van der Waals surface area contributed by atoms with Gasteiger partial charge in [-0.1, -0.05) is 27.2 Å². The molecule has 1 nitrogen and oxygen atoms in total. The van der Waals surface area contributed by atoms with E-state index < -0.39 is 0 Å². The first-order valence-electron chi connectivity index (χ1n) is 6.45. The van der Waals surface area contributed by atoms with E-state index >= 15 is 0 Å². The molecule has 2 heteroatoms. The summed E-state index contributed by atoms with van der Waals surface area (Å²) in [4.78, 5) is 0. The van der Waals surface area contributed by atoms with Gasteiger partial charge >= 0.3 is 0 Å². The predicted octanol–water partition coefficient (Wildman–Crippen LogP) is 4.53. The van der Waals surface area contributed by atoms with E-state index in [-0.39, 0.29) is 0 Å². The van der Waals surface area contributed by atoms with Gasteiger partial charge in [0.05, 0.1) is 0 Å². The molecule has 0 aliphatic rings. The predicted molar refractivity (Wildman–Crippen MR) is 74.2 cm³/mol. The molecule has 92 valence electrons. The van der Waals surface area contributed by atoms with Crippen LogP contribution in [0.3, 0.4) is 0 Å². The van der Waals surface area contributed by atoms with E-state index in [9.17, 15) is 0 Å². The van der Waals surface area contributed by atoms with Crippen LogP contribution in [0.4, 0.5) is 0 Å². The van der Waals surface area contributed by atoms with Crippen LogP contribution in [0.5, 0.6) is 0 Å². The zero-order valence-electron chi connectivity index (χ0n) is 11.0. The van der Waals surface area contributed by atoms with E-state index in [0.29, 0.717) is 6.04 Å². The van der Waals surface area contributed by atoms with Crippen molar-refractivity contribution in [3.8, 4) is 0 Å². The zero-order valence-corrected chi connectivity index (χ0v) is 11.9. The lowest BCUT2D eigenvalue weighted by atomic mass is 9.94. The minimum absolute atomic E-state index is 0.557. The molecule has 0 amide bonds. The van der Waals surface area contributed by atoms with Gasteiger partial charge in [-0.15, -0.1) is 0 Å². The number of hydrogen-bond acceptors (Lipinski definition) is 2. The highest BCUT2D eigenvalue weighted by atomic mass is 32.1. The van der Waals surface area contributed by atoms with Gasteiger partial charge in [0, 0.05) is 6.04 Å². The summed E-state index contributed by atoms with van der Waals surface area (Å²) in [5.74, 6) is 0.800. The van der Waals surface area contributed by atoms with Crippen LogP contribution < -0.4 is 5.32 Å². The van der Waals surface area contributed by atoms with Crippen LogP contribution in [0.25, 0.3) is 0 Å². The molecular weight excluding hydrogens is 214 g/mol. The third kappa shape index (κ3) is 3.91. The van der Waals surface area contributed by atoms with Gasteiger partial charge in [-0.05, 0) is 54.1 Å². The minimum Gasteiger partial charge on any atom is -0.310 e. The van der Waals surface area contributed by atoms with Crippen molar-refractivity contribution in [2.75, 3.05) is 6.54 Å². The van der Waals surface area contributed by atoms with E-state index in [1.165, 1.54) is 30.4 Å². The van der Waals surface area contributed by atoms with Gasteiger partial charge in [0.1, 0.15) is 0 Å². The van der Waals surface area contributed by atoms with Crippen molar-refractivity contribution in [2.24, 2.45) is 5.92 Å². The quantitative estimate of drug-likeness (QED) is 0.737. The molecule has 2 unspecified atom stereocenters. The van der Waals surface area contributed by atoms with Crippen molar-refractivity contribution >= 4 is 11.3 Å². The first-order chi connectivity index (χ1) is 7.69. The Balaban J connectivity index is 2.67. The molecular formula is C14H25NS. The second-order valence-corrected chi connectivity index (χ2v) is 5.51. The van der Waals surface area contributed by atoms with Crippen LogP contribution in [0, 0.1) is 12.8 Å². The van der Waals surface area contributed by atoms with Gasteiger partial charge in [-0.2, -0.15) is 11.3 Å². The molecule has 0 aromatic carbocycles. The molecule has 16 heavy (non-hydrogen) atoms. The van der Waals surface area contributed by atoms with Crippen LogP contribution in [0.2, 0.25) is 0 Å². The molecule has 0 saturated carbocycles. The number of rotatable bonds is 7. The molecule has 0 radical (unpaired) electrons. The highest BCUT2D eigenvalue weighted by molar-refractivity contribution is 7.08. The first-order valence-corrected chi connectivity index (χ1v) is 7.39. The zero-order chi connectivity index (χ0) is 12.0. The summed E-state index contributed by atoms with van der Waals surface area (Å²) in [6.45, 7) is 10.2. The largest absolute Gasteiger partial charge is 0.310 e. The van der Waals surface area contributed by atoms with E-state index in [2.05, 4.69) is 43.8 Å². The molecule has 0 saturated heterocycles. The van der Waals surface area contributed by atoms with Crippen molar-refractivity contribution < 1.29 is 0 Å². The summed E-state index contributed by atoms with van der Waals surface area (Å²) in [5.41, 5.74) is 2.96. The number of nitrogens with one attached hydrogen (secondary N) is 1. The molecule has 1 aromatic rings. The summed E-state index contributed by atoms with van der Waals surface area (Å²) in [6.07, 6.45) is 3.74. The number of aryl methyl sites for hydroxylation is 1. The van der Waals surface area contributed by atoms with E-state index in [4.69, 9.17) is 0 Å². The van der Waals surface area contributed by atoms with Gasteiger partial charge < -0.3 is 5.32 Å². The molecule has 1 rings (SSSR count). The number of thiophene rings is 1. The topological polar surface area (TPSA) is 12.0 Å². The first kappa shape index (κ1) is 13.7. The molecule has 0 spiro atoms. The monoisotopic (exact) mass is 239 g/mol. The maximum absolute atomic E-state index is 3.68.